The van der Waals surface area contributed by atoms with E-state index in [-0.39, 0.29) is 12.1 Å². The van der Waals surface area contributed by atoms with Gasteiger partial charge in [-0.1, -0.05) is 6.07 Å². The molecule has 1 heterocycles. The van der Waals surface area contributed by atoms with Gasteiger partial charge in [0.25, 0.3) is 0 Å². The number of alkyl halides is 3. The number of nitrogens with zero attached hydrogens (tertiary/aromatic N) is 1. The fourth-order valence-electron chi connectivity index (χ4n) is 1.05. The Bertz CT molecular complexity index is 309. The molecule has 1 unspecified atom stereocenters. The van der Waals surface area contributed by atoms with Gasteiger partial charge >= 0.3 is 6.18 Å². The summed E-state index contributed by atoms with van der Waals surface area (Å²) in [5.41, 5.74) is -0.675. The molecule has 5 heteroatoms. The highest BCUT2D eigenvalue weighted by molar-refractivity contribution is 5.14. The van der Waals surface area contributed by atoms with Crippen LogP contribution in [0.3, 0.4) is 0 Å². The minimum atomic E-state index is -4.42. The van der Waals surface area contributed by atoms with Gasteiger partial charge in [0.15, 0.2) is 0 Å². The molecule has 1 N–H and O–H groups in total. The predicted octanol–water partition coefficient (Wildman–Crippen LogP) is 2.02. The van der Waals surface area contributed by atoms with Crippen molar-refractivity contribution in [2.45, 2.75) is 25.6 Å². The Morgan fingerprint density at radius 2 is 2.07 bits per heavy atom. The third-order valence-corrected chi connectivity index (χ3v) is 1.60. The molecule has 0 saturated carbocycles. The van der Waals surface area contributed by atoms with E-state index < -0.39 is 18.0 Å². The molecule has 0 bridgehead atoms. The molecular formula is C9H10F3NO. The Labute approximate surface area is 79.4 Å². The number of aromatic nitrogens is 1. The Kier molecular flexibility index (Phi) is 3.10. The molecule has 0 saturated heterocycles. The van der Waals surface area contributed by atoms with Gasteiger partial charge in [0.2, 0.25) is 0 Å². The van der Waals surface area contributed by atoms with Crippen molar-refractivity contribution in [3.63, 3.8) is 0 Å². The van der Waals surface area contributed by atoms with E-state index in [0.717, 1.165) is 6.07 Å². The summed E-state index contributed by atoms with van der Waals surface area (Å²) in [6, 6.07) is 3.65. The zero-order valence-electron chi connectivity index (χ0n) is 7.54. The second-order valence-electron chi connectivity index (χ2n) is 3.07. The van der Waals surface area contributed by atoms with Gasteiger partial charge in [-0.05, 0) is 19.1 Å². The quantitative estimate of drug-likeness (QED) is 0.801. The van der Waals surface area contributed by atoms with Crippen molar-refractivity contribution in [2.24, 2.45) is 0 Å². The number of hydrogen-bond acceptors (Lipinski definition) is 2. The largest absolute Gasteiger partial charge is 0.433 e. The van der Waals surface area contributed by atoms with E-state index in [0.29, 0.717) is 0 Å². The first-order valence-electron chi connectivity index (χ1n) is 4.11. The van der Waals surface area contributed by atoms with Crippen LogP contribution in [0.4, 0.5) is 13.2 Å². The normalized spacial score (nSPS) is 14.1. The Hall–Kier alpha value is -1.10. The van der Waals surface area contributed by atoms with Crippen LogP contribution in [0, 0.1) is 0 Å². The Balaban J connectivity index is 2.90. The number of halogens is 3. The molecule has 0 aliphatic heterocycles. The fraction of sp³-hybridized carbons (Fsp3) is 0.444. The summed E-state index contributed by atoms with van der Waals surface area (Å²) < 4.78 is 36.5. The Morgan fingerprint density at radius 1 is 1.43 bits per heavy atom. The third-order valence-electron chi connectivity index (χ3n) is 1.60. The molecule has 0 aromatic carbocycles. The van der Waals surface area contributed by atoms with Crippen LogP contribution in [-0.4, -0.2) is 16.2 Å². The molecule has 0 spiro atoms. The molecule has 78 valence electrons. The summed E-state index contributed by atoms with van der Waals surface area (Å²) in [6.45, 7) is 1.50. The Morgan fingerprint density at radius 3 is 2.57 bits per heavy atom. The second-order valence-corrected chi connectivity index (χ2v) is 3.07. The van der Waals surface area contributed by atoms with Crippen LogP contribution in [0.1, 0.15) is 18.3 Å². The van der Waals surface area contributed by atoms with Gasteiger partial charge in [-0.15, -0.1) is 0 Å². The molecule has 14 heavy (non-hydrogen) atoms. The molecule has 0 radical (unpaired) electrons. The summed E-state index contributed by atoms with van der Waals surface area (Å²) in [6.07, 6.45) is -4.98. The van der Waals surface area contributed by atoms with Gasteiger partial charge in [-0.25, -0.2) is 4.98 Å². The summed E-state index contributed by atoms with van der Waals surface area (Å²) in [4.78, 5) is 3.40. The van der Waals surface area contributed by atoms with Crippen molar-refractivity contribution in [2.75, 3.05) is 0 Å². The summed E-state index contributed by atoms with van der Waals surface area (Å²) in [7, 11) is 0. The molecule has 0 aliphatic rings. The lowest BCUT2D eigenvalue weighted by molar-refractivity contribution is -0.141. The van der Waals surface area contributed by atoms with Gasteiger partial charge in [0.1, 0.15) is 5.69 Å². The summed E-state index contributed by atoms with van der Waals surface area (Å²) in [5.74, 6) is 0. The van der Waals surface area contributed by atoms with Gasteiger partial charge in [-0.2, -0.15) is 13.2 Å². The highest BCUT2D eigenvalue weighted by atomic mass is 19.4. The van der Waals surface area contributed by atoms with E-state index in [1.807, 2.05) is 0 Å². The standard InChI is InChI=1S/C9H10F3NO/c1-6(14)5-7-3-2-4-8(13-7)9(10,11)12/h2-4,6,14H,5H2,1H3. The lowest BCUT2D eigenvalue weighted by atomic mass is 10.2. The highest BCUT2D eigenvalue weighted by Crippen LogP contribution is 2.27. The van der Waals surface area contributed by atoms with Gasteiger partial charge in [-0.3, -0.25) is 0 Å². The van der Waals surface area contributed by atoms with Crippen LogP contribution in [0.15, 0.2) is 18.2 Å². The molecule has 2 nitrogen and oxygen atoms in total. The molecule has 0 amide bonds. The lowest BCUT2D eigenvalue weighted by Gasteiger charge is -2.08. The average Bonchev–Trinajstić information content (AvgIpc) is 2.01. The summed E-state index contributed by atoms with van der Waals surface area (Å²) >= 11 is 0. The molecular weight excluding hydrogens is 195 g/mol. The minimum Gasteiger partial charge on any atom is -0.393 e. The van der Waals surface area contributed by atoms with Crippen molar-refractivity contribution in [1.82, 2.24) is 4.98 Å². The number of pyridine rings is 1. The number of aliphatic hydroxyl groups excluding tert-OH is 1. The van der Waals surface area contributed by atoms with Crippen molar-refractivity contribution in [3.05, 3.63) is 29.6 Å². The van der Waals surface area contributed by atoms with E-state index in [1.54, 1.807) is 0 Å². The SMILES string of the molecule is CC(O)Cc1cccc(C(F)(F)F)n1. The van der Waals surface area contributed by atoms with E-state index in [2.05, 4.69) is 4.98 Å². The van der Waals surface area contributed by atoms with Gasteiger partial charge in [0.05, 0.1) is 6.10 Å². The first-order chi connectivity index (χ1) is 6.39. The smallest absolute Gasteiger partial charge is 0.393 e. The molecule has 1 atom stereocenters. The number of hydrogen-bond donors (Lipinski definition) is 1. The van der Waals surface area contributed by atoms with E-state index in [1.165, 1.54) is 19.1 Å². The minimum absolute atomic E-state index is 0.129. The first-order valence-corrected chi connectivity index (χ1v) is 4.11. The van der Waals surface area contributed by atoms with Crippen molar-refractivity contribution >= 4 is 0 Å². The molecule has 0 fully saturated rings. The molecule has 1 aromatic rings. The monoisotopic (exact) mass is 205 g/mol. The number of aliphatic hydroxyl groups is 1. The fourth-order valence-corrected chi connectivity index (χ4v) is 1.05. The van der Waals surface area contributed by atoms with Crippen LogP contribution in [0.5, 0.6) is 0 Å². The molecule has 1 aromatic heterocycles. The maximum Gasteiger partial charge on any atom is 0.433 e. The molecule has 0 aliphatic carbocycles. The van der Waals surface area contributed by atoms with Crippen molar-refractivity contribution < 1.29 is 18.3 Å². The van der Waals surface area contributed by atoms with Crippen LogP contribution < -0.4 is 0 Å². The molecule has 1 rings (SSSR count). The van der Waals surface area contributed by atoms with E-state index >= 15 is 0 Å². The maximum absolute atomic E-state index is 12.2. The van der Waals surface area contributed by atoms with E-state index in [9.17, 15) is 13.2 Å². The van der Waals surface area contributed by atoms with Crippen LogP contribution in [-0.2, 0) is 12.6 Å². The van der Waals surface area contributed by atoms with Crippen LogP contribution in [0.2, 0.25) is 0 Å². The second kappa shape index (κ2) is 3.96. The van der Waals surface area contributed by atoms with Crippen LogP contribution in [0.25, 0.3) is 0 Å². The van der Waals surface area contributed by atoms with Gasteiger partial charge in [0, 0.05) is 12.1 Å². The summed E-state index contributed by atoms with van der Waals surface area (Å²) in [5, 5.41) is 8.98. The van der Waals surface area contributed by atoms with Crippen molar-refractivity contribution in [1.29, 1.82) is 0 Å². The van der Waals surface area contributed by atoms with E-state index in [4.69, 9.17) is 5.11 Å². The topological polar surface area (TPSA) is 33.1 Å². The predicted molar refractivity (Wildman–Crippen MR) is 44.6 cm³/mol. The third kappa shape index (κ3) is 2.99. The lowest BCUT2D eigenvalue weighted by Crippen LogP contribution is -2.12. The zero-order chi connectivity index (χ0) is 10.8. The zero-order valence-corrected chi connectivity index (χ0v) is 7.54. The number of rotatable bonds is 2. The maximum atomic E-state index is 12.2. The van der Waals surface area contributed by atoms with Crippen molar-refractivity contribution in [3.8, 4) is 0 Å². The first kappa shape index (κ1) is 11.0. The highest BCUT2D eigenvalue weighted by Gasteiger charge is 2.32. The average molecular weight is 205 g/mol. The van der Waals surface area contributed by atoms with Gasteiger partial charge < -0.3 is 5.11 Å². The van der Waals surface area contributed by atoms with Crippen LogP contribution >= 0.6 is 0 Å².